The summed E-state index contributed by atoms with van der Waals surface area (Å²) in [4.78, 5) is 15.5. The summed E-state index contributed by atoms with van der Waals surface area (Å²) in [6, 6.07) is 0. The number of rotatable bonds is 2. The van der Waals surface area contributed by atoms with Crippen molar-refractivity contribution in [2.24, 2.45) is 5.92 Å². The molecule has 1 aromatic heterocycles. The van der Waals surface area contributed by atoms with Crippen LogP contribution in [0.15, 0.2) is 10.9 Å². The Balaban J connectivity index is 2.09. The van der Waals surface area contributed by atoms with Gasteiger partial charge in [-0.3, -0.25) is 4.79 Å². The summed E-state index contributed by atoms with van der Waals surface area (Å²) in [5.74, 6) is 0.181. The summed E-state index contributed by atoms with van der Waals surface area (Å²) < 4.78 is 5.13. The maximum Gasteiger partial charge on any atom is 0.187 e. The van der Waals surface area contributed by atoms with E-state index in [1.54, 1.807) is 10.9 Å². The van der Waals surface area contributed by atoms with Crippen molar-refractivity contribution in [1.29, 1.82) is 0 Å². The number of carbonyl (C=O) groups excluding carboxylic acids is 1. The first-order chi connectivity index (χ1) is 5.88. The molecule has 0 aromatic carbocycles. The Kier molecular flexibility index (Phi) is 2.19. The molecule has 64 valence electrons. The van der Waals surface area contributed by atoms with Crippen LogP contribution in [0.5, 0.6) is 0 Å². The highest BCUT2D eigenvalue weighted by atomic mass is 32.1. The molecular weight excluding hydrogens is 174 g/mol. The Morgan fingerprint density at radius 2 is 2.67 bits per heavy atom. The fraction of sp³-hybridized carbons (Fsp3) is 0.500. The zero-order valence-corrected chi connectivity index (χ0v) is 7.34. The van der Waals surface area contributed by atoms with Crippen molar-refractivity contribution < 1.29 is 9.53 Å². The van der Waals surface area contributed by atoms with Gasteiger partial charge in [-0.15, -0.1) is 11.3 Å². The summed E-state index contributed by atoms with van der Waals surface area (Å²) in [6.07, 6.45) is 0.844. The Morgan fingerprint density at radius 3 is 3.25 bits per heavy atom. The summed E-state index contributed by atoms with van der Waals surface area (Å²) in [5, 5.41) is 1.79. The van der Waals surface area contributed by atoms with E-state index in [9.17, 15) is 4.79 Å². The van der Waals surface area contributed by atoms with E-state index in [1.165, 1.54) is 11.3 Å². The van der Waals surface area contributed by atoms with E-state index in [1.807, 2.05) is 0 Å². The van der Waals surface area contributed by atoms with Gasteiger partial charge in [-0.05, 0) is 6.42 Å². The molecule has 1 aliphatic rings. The highest BCUT2D eigenvalue weighted by molar-refractivity contribution is 7.07. The van der Waals surface area contributed by atoms with Crippen LogP contribution in [0.4, 0.5) is 0 Å². The molecule has 1 aromatic rings. The maximum absolute atomic E-state index is 11.6. The zero-order valence-electron chi connectivity index (χ0n) is 6.53. The fourth-order valence-electron chi connectivity index (χ4n) is 1.28. The van der Waals surface area contributed by atoms with Crippen LogP contribution < -0.4 is 0 Å². The maximum atomic E-state index is 11.6. The van der Waals surface area contributed by atoms with Gasteiger partial charge in [-0.1, -0.05) is 0 Å². The first-order valence-electron chi connectivity index (χ1n) is 3.88. The summed E-state index contributed by atoms with van der Waals surface area (Å²) in [6.45, 7) is 1.27. The molecule has 0 N–H and O–H groups in total. The molecule has 1 atom stereocenters. The quantitative estimate of drug-likeness (QED) is 0.650. The number of ketones is 1. The summed E-state index contributed by atoms with van der Waals surface area (Å²) in [7, 11) is 0. The number of carbonyl (C=O) groups is 1. The lowest BCUT2D eigenvalue weighted by Crippen LogP contribution is -2.14. The van der Waals surface area contributed by atoms with Gasteiger partial charge in [-0.2, -0.15) is 0 Å². The van der Waals surface area contributed by atoms with Crippen molar-refractivity contribution in [2.45, 2.75) is 6.42 Å². The average molecular weight is 183 g/mol. The van der Waals surface area contributed by atoms with Gasteiger partial charge < -0.3 is 4.74 Å². The van der Waals surface area contributed by atoms with Gasteiger partial charge in [-0.25, -0.2) is 4.98 Å². The monoisotopic (exact) mass is 183 g/mol. The van der Waals surface area contributed by atoms with Gasteiger partial charge in [0.05, 0.1) is 12.1 Å². The molecule has 1 aliphatic heterocycles. The number of nitrogens with zero attached hydrogens (tertiary/aromatic N) is 1. The molecule has 4 heteroatoms. The van der Waals surface area contributed by atoms with Crippen LogP contribution in [-0.4, -0.2) is 24.0 Å². The van der Waals surface area contributed by atoms with Gasteiger partial charge in [0, 0.05) is 17.9 Å². The van der Waals surface area contributed by atoms with E-state index in [4.69, 9.17) is 4.74 Å². The summed E-state index contributed by atoms with van der Waals surface area (Å²) in [5.41, 5.74) is 2.28. The van der Waals surface area contributed by atoms with E-state index >= 15 is 0 Å². The lowest BCUT2D eigenvalue weighted by atomic mass is 10.0. The smallest absolute Gasteiger partial charge is 0.187 e. The van der Waals surface area contributed by atoms with Crippen LogP contribution in [0.3, 0.4) is 0 Å². The molecule has 2 rings (SSSR count). The van der Waals surface area contributed by atoms with Crippen molar-refractivity contribution >= 4 is 17.1 Å². The second kappa shape index (κ2) is 3.33. The first-order valence-corrected chi connectivity index (χ1v) is 4.82. The van der Waals surface area contributed by atoms with Gasteiger partial charge in [0.15, 0.2) is 5.78 Å². The third kappa shape index (κ3) is 1.40. The molecular formula is C8H9NO2S. The van der Waals surface area contributed by atoms with Crippen LogP contribution >= 0.6 is 11.3 Å². The largest absolute Gasteiger partial charge is 0.381 e. The number of hydrogen-bond acceptors (Lipinski definition) is 4. The van der Waals surface area contributed by atoms with Crippen LogP contribution in [0.2, 0.25) is 0 Å². The molecule has 0 aliphatic carbocycles. The first kappa shape index (κ1) is 7.89. The standard InChI is InChI=1S/C8H9NO2S/c10-8(6-1-2-11-3-6)7-4-12-5-9-7/h4-6H,1-3H2. The Bertz CT molecular complexity index is 265. The topological polar surface area (TPSA) is 39.2 Å². The van der Waals surface area contributed by atoms with Crippen LogP contribution in [0.1, 0.15) is 16.9 Å². The molecule has 2 heterocycles. The molecule has 1 saturated heterocycles. The molecule has 3 nitrogen and oxygen atoms in total. The van der Waals surface area contributed by atoms with Crippen molar-refractivity contribution in [2.75, 3.05) is 13.2 Å². The highest BCUT2D eigenvalue weighted by Crippen LogP contribution is 2.17. The third-order valence-electron chi connectivity index (χ3n) is 1.99. The van der Waals surface area contributed by atoms with Crippen LogP contribution in [-0.2, 0) is 4.74 Å². The molecule has 0 amide bonds. The normalized spacial score (nSPS) is 22.8. The highest BCUT2D eigenvalue weighted by Gasteiger charge is 2.25. The van der Waals surface area contributed by atoms with Crippen LogP contribution in [0.25, 0.3) is 0 Å². The van der Waals surface area contributed by atoms with E-state index < -0.39 is 0 Å². The van der Waals surface area contributed by atoms with Crippen molar-refractivity contribution in [3.8, 4) is 0 Å². The molecule has 12 heavy (non-hydrogen) atoms. The molecule has 1 unspecified atom stereocenters. The number of thiazole rings is 1. The minimum atomic E-state index is 0.0482. The number of ether oxygens (including phenoxy) is 1. The second-order valence-corrected chi connectivity index (χ2v) is 3.52. The minimum Gasteiger partial charge on any atom is -0.381 e. The number of Topliss-reactive ketones (excluding diaryl/α,β-unsaturated/α-hetero) is 1. The Morgan fingerprint density at radius 1 is 1.75 bits per heavy atom. The third-order valence-corrected chi connectivity index (χ3v) is 2.57. The predicted octanol–water partition coefficient (Wildman–Crippen LogP) is 1.36. The number of aromatic nitrogens is 1. The van der Waals surface area contributed by atoms with Crippen molar-refractivity contribution in [3.05, 3.63) is 16.6 Å². The minimum absolute atomic E-state index is 0.0482. The summed E-state index contributed by atoms with van der Waals surface area (Å²) >= 11 is 1.45. The Hall–Kier alpha value is -0.740. The lowest BCUT2D eigenvalue weighted by molar-refractivity contribution is 0.0896. The van der Waals surface area contributed by atoms with Gasteiger partial charge in [0.2, 0.25) is 0 Å². The van der Waals surface area contributed by atoms with E-state index in [0.29, 0.717) is 18.9 Å². The van der Waals surface area contributed by atoms with Gasteiger partial charge in [0.25, 0.3) is 0 Å². The van der Waals surface area contributed by atoms with E-state index in [-0.39, 0.29) is 11.7 Å². The SMILES string of the molecule is O=C(c1cscn1)C1CCOC1. The lowest BCUT2D eigenvalue weighted by Gasteiger charge is -2.01. The van der Waals surface area contributed by atoms with Gasteiger partial charge in [0.1, 0.15) is 5.69 Å². The predicted molar refractivity (Wildman–Crippen MR) is 45.4 cm³/mol. The molecule has 0 saturated carbocycles. The zero-order chi connectivity index (χ0) is 8.39. The van der Waals surface area contributed by atoms with Crippen molar-refractivity contribution in [1.82, 2.24) is 4.98 Å². The second-order valence-electron chi connectivity index (χ2n) is 2.80. The molecule has 0 spiro atoms. The average Bonchev–Trinajstić information content (AvgIpc) is 2.77. The van der Waals surface area contributed by atoms with Crippen molar-refractivity contribution in [3.63, 3.8) is 0 Å². The fourth-order valence-corrected chi connectivity index (χ4v) is 1.83. The van der Waals surface area contributed by atoms with Crippen LogP contribution in [0, 0.1) is 5.92 Å². The molecule has 0 radical (unpaired) electrons. The number of hydrogen-bond donors (Lipinski definition) is 0. The molecule has 1 fully saturated rings. The van der Waals surface area contributed by atoms with Gasteiger partial charge >= 0.3 is 0 Å². The Labute approximate surface area is 74.4 Å². The molecule has 0 bridgehead atoms. The van der Waals surface area contributed by atoms with E-state index in [0.717, 1.165) is 6.42 Å². The van der Waals surface area contributed by atoms with E-state index in [2.05, 4.69) is 4.98 Å².